The number of hydrogen-bond donors (Lipinski definition) is 1. The Morgan fingerprint density at radius 3 is 2.41 bits per heavy atom. The van der Waals surface area contributed by atoms with E-state index in [-0.39, 0.29) is 12.3 Å². The number of aryl methyl sites for hydroxylation is 1. The average molecular weight is 241 g/mol. The van der Waals surface area contributed by atoms with Crippen LogP contribution in [0.3, 0.4) is 0 Å². The van der Waals surface area contributed by atoms with E-state index in [1.54, 1.807) is 6.20 Å². The lowest BCUT2D eigenvalue weighted by Gasteiger charge is -2.26. The van der Waals surface area contributed by atoms with Crippen LogP contribution in [0.5, 0.6) is 0 Å². The Bertz CT molecular complexity index is 308. The van der Waals surface area contributed by atoms with Crippen LogP contribution in [-0.2, 0) is 16.0 Å². The standard InChI is InChI=1S/C12H23N3O2/c1-5-15-9-8-14-11(15)10(13-4)12(16-6-2)17-7-3/h8-10,12-13H,5-7H2,1-4H3. The molecule has 1 atom stereocenters. The Morgan fingerprint density at radius 2 is 1.94 bits per heavy atom. The number of ether oxygens (including phenoxy) is 2. The summed E-state index contributed by atoms with van der Waals surface area (Å²) in [6.07, 6.45) is 3.47. The zero-order chi connectivity index (χ0) is 12.7. The largest absolute Gasteiger partial charge is 0.351 e. The van der Waals surface area contributed by atoms with Crippen LogP contribution in [0.15, 0.2) is 12.4 Å². The smallest absolute Gasteiger partial charge is 0.179 e. The Kier molecular flexibility index (Phi) is 6.18. The molecule has 1 rings (SSSR count). The molecular weight excluding hydrogens is 218 g/mol. The summed E-state index contributed by atoms with van der Waals surface area (Å²) in [5.74, 6) is 0.946. The molecule has 0 aliphatic carbocycles. The van der Waals surface area contributed by atoms with Gasteiger partial charge in [0, 0.05) is 32.2 Å². The summed E-state index contributed by atoms with van der Waals surface area (Å²) in [6.45, 7) is 8.15. The fourth-order valence-corrected chi connectivity index (χ4v) is 1.82. The molecule has 1 N–H and O–H groups in total. The van der Waals surface area contributed by atoms with Gasteiger partial charge in [0.05, 0.1) is 0 Å². The van der Waals surface area contributed by atoms with Crippen LogP contribution < -0.4 is 5.32 Å². The summed E-state index contributed by atoms with van der Waals surface area (Å²) in [7, 11) is 1.89. The monoisotopic (exact) mass is 241 g/mol. The molecule has 1 aromatic heterocycles. The number of aromatic nitrogens is 2. The Morgan fingerprint density at radius 1 is 1.29 bits per heavy atom. The molecule has 98 valence electrons. The lowest BCUT2D eigenvalue weighted by atomic mass is 10.2. The van der Waals surface area contributed by atoms with Crippen molar-refractivity contribution in [3.63, 3.8) is 0 Å². The highest BCUT2D eigenvalue weighted by molar-refractivity contribution is 5.00. The summed E-state index contributed by atoms with van der Waals surface area (Å²) < 4.78 is 13.3. The second-order valence-electron chi connectivity index (χ2n) is 3.62. The Hall–Kier alpha value is -0.910. The van der Waals surface area contributed by atoms with Crippen molar-refractivity contribution in [1.82, 2.24) is 14.9 Å². The zero-order valence-corrected chi connectivity index (χ0v) is 11.1. The van der Waals surface area contributed by atoms with Gasteiger partial charge in [-0.1, -0.05) is 0 Å². The molecule has 0 aliphatic rings. The van der Waals surface area contributed by atoms with Crippen molar-refractivity contribution < 1.29 is 9.47 Å². The zero-order valence-electron chi connectivity index (χ0n) is 11.1. The van der Waals surface area contributed by atoms with Crippen LogP contribution in [0.4, 0.5) is 0 Å². The quantitative estimate of drug-likeness (QED) is 0.702. The van der Waals surface area contributed by atoms with Gasteiger partial charge in [-0.05, 0) is 27.8 Å². The van der Waals surface area contributed by atoms with Crippen molar-refractivity contribution >= 4 is 0 Å². The highest BCUT2D eigenvalue weighted by atomic mass is 16.7. The van der Waals surface area contributed by atoms with Gasteiger partial charge in [-0.3, -0.25) is 0 Å². The first-order chi connectivity index (χ1) is 8.28. The van der Waals surface area contributed by atoms with Crippen LogP contribution in [0, 0.1) is 0 Å². The first-order valence-corrected chi connectivity index (χ1v) is 6.19. The minimum absolute atomic E-state index is 0.0511. The molecule has 1 aromatic rings. The van der Waals surface area contributed by atoms with E-state index in [1.165, 1.54) is 0 Å². The predicted octanol–water partition coefficient (Wildman–Crippen LogP) is 1.56. The van der Waals surface area contributed by atoms with Crippen molar-refractivity contribution in [2.45, 2.75) is 39.6 Å². The van der Waals surface area contributed by atoms with Crippen LogP contribution in [0.1, 0.15) is 32.6 Å². The fraction of sp³-hybridized carbons (Fsp3) is 0.750. The molecule has 1 heterocycles. The minimum atomic E-state index is -0.303. The number of nitrogens with zero attached hydrogens (tertiary/aromatic N) is 2. The third-order valence-corrected chi connectivity index (χ3v) is 2.61. The normalized spacial score (nSPS) is 13.2. The summed E-state index contributed by atoms with van der Waals surface area (Å²) in [4.78, 5) is 4.38. The van der Waals surface area contributed by atoms with E-state index in [0.717, 1.165) is 12.4 Å². The second-order valence-corrected chi connectivity index (χ2v) is 3.62. The van der Waals surface area contributed by atoms with Gasteiger partial charge in [0.15, 0.2) is 6.29 Å². The molecule has 5 heteroatoms. The molecule has 0 aromatic carbocycles. The van der Waals surface area contributed by atoms with Crippen molar-refractivity contribution in [2.24, 2.45) is 0 Å². The molecule has 0 spiro atoms. The third-order valence-electron chi connectivity index (χ3n) is 2.61. The van der Waals surface area contributed by atoms with Crippen LogP contribution >= 0.6 is 0 Å². The fourth-order valence-electron chi connectivity index (χ4n) is 1.82. The highest BCUT2D eigenvalue weighted by Crippen LogP contribution is 2.18. The van der Waals surface area contributed by atoms with Crippen molar-refractivity contribution in [3.05, 3.63) is 18.2 Å². The number of likely N-dealkylation sites (N-methyl/N-ethyl adjacent to an activating group) is 1. The van der Waals surface area contributed by atoms with E-state index in [4.69, 9.17) is 9.47 Å². The number of hydrogen-bond acceptors (Lipinski definition) is 4. The van der Waals surface area contributed by atoms with E-state index < -0.39 is 0 Å². The Balaban J connectivity index is 2.87. The number of rotatable bonds is 8. The molecule has 0 radical (unpaired) electrons. The van der Waals surface area contributed by atoms with Crippen LogP contribution in [0.25, 0.3) is 0 Å². The predicted molar refractivity (Wildman–Crippen MR) is 66.7 cm³/mol. The van der Waals surface area contributed by atoms with Gasteiger partial charge in [0.25, 0.3) is 0 Å². The Labute approximate surface area is 103 Å². The van der Waals surface area contributed by atoms with Crippen LogP contribution in [-0.4, -0.2) is 36.1 Å². The molecule has 0 aliphatic heterocycles. The van der Waals surface area contributed by atoms with Gasteiger partial charge in [-0.2, -0.15) is 0 Å². The van der Waals surface area contributed by atoms with Gasteiger partial charge in [0.2, 0.25) is 0 Å². The van der Waals surface area contributed by atoms with Gasteiger partial charge < -0.3 is 19.4 Å². The van der Waals surface area contributed by atoms with Crippen LogP contribution in [0.2, 0.25) is 0 Å². The number of nitrogens with one attached hydrogen (secondary N) is 1. The molecule has 17 heavy (non-hydrogen) atoms. The van der Waals surface area contributed by atoms with Gasteiger partial charge in [-0.25, -0.2) is 4.98 Å². The summed E-state index contributed by atoms with van der Waals surface area (Å²) in [5, 5.41) is 3.22. The molecule has 0 bridgehead atoms. The lowest BCUT2D eigenvalue weighted by Crippen LogP contribution is -2.36. The van der Waals surface area contributed by atoms with Gasteiger partial charge in [0.1, 0.15) is 11.9 Å². The topological polar surface area (TPSA) is 48.3 Å². The summed E-state index contributed by atoms with van der Waals surface area (Å²) >= 11 is 0. The van der Waals surface area contributed by atoms with E-state index in [1.807, 2.05) is 27.1 Å². The average Bonchev–Trinajstić information content (AvgIpc) is 2.79. The molecule has 5 nitrogen and oxygen atoms in total. The van der Waals surface area contributed by atoms with Crippen molar-refractivity contribution in [2.75, 3.05) is 20.3 Å². The van der Waals surface area contributed by atoms with Gasteiger partial charge >= 0.3 is 0 Å². The molecule has 1 unspecified atom stereocenters. The third kappa shape index (κ3) is 3.52. The maximum atomic E-state index is 5.62. The van der Waals surface area contributed by atoms with E-state index in [2.05, 4.69) is 21.8 Å². The lowest BCUT2D eigenvalue weighted by molar-refractivity contribution is -0.156. The van der Waals surface area contributed by atoms with E-state index >= 15 is 0 Å². The van der Waals surface area contributed by atoms with Crippen molar-refractivity contribution in [3.8, 4) is 0 Å². The second kappa shape index (κ2) is 7.42. The molecule has 0 saturated carbocycles. The maximum Gasteiger partial charge on any atom is 0.179 e. The molecular formula is C12H23N3O2. The first-order valence-electron chi connectivity index (χ1n) is 6.19. The minimum Gasteiger partial charge on any atom is -0.351 e. The van der Waals surface area contributed by atoms with E-state index in [9.17, 15) is 0 Å². The number of imidazole rings is 1. The summed E-state index contributed by atoms with van der Waals surface area (Å²) in [6, 6.07) is -0.0511. The van der Waals surface area contributed by atoms with Gasteiger partial charge in [-0.15, -0.1) is 0 Å². The SMILES string of the molecule is CCOC(OCC)C(NC)c1nccn1CC. The van der Waals surface area contributed by atoms with E-state index in [0.29, 0.717) is 13.2 Å². The summed E-state index contributed by atoms with van der Waals surface area (Å²) in [5.41, 5.74) is 0. The molecule has 0 fully saturated rings. The molecule has 0 amide bonds. The maximum absolute atomic E-state index is 5.62. The highest BCUT2D eigenvalue weighted by Gasteiger charge is 2.26. The van der Waals surface area contributed by atoms with Crippen molar-refractivity contribution in [1.29, 1.82) is 0 Å². The molecule has 0 saturated heterocycles. The first kappa shape index (κ1) is 14.2.